The van der Waals surface area contributed by atoms with E-state index in [1.54, 1.807) is 0 Å². The van der Waals surface area contributed by atoms with Crippen molar-refractivity contribution in [3.8, 4) is 11.4 Å². The van der Waals surface area contributed by atoms with Crippen molar-refractivity contribution in [2.75, 3.05) is 75.2 Å². The third-order valence-electron chi connectivity index (χ3n) is 13.8. The Balaban J connectivity index is 0.000000175. The maximum atomic E-state index is 11.2. The molecule has 0 saturated carbocycles. The lowest BCUT2D eigenvalue weighted by molar-refractivity contribution is 0.1000. The number of aromatic amines is 1. The summed E-state index contributed by atoms with van der Waals surface area (Å²) in [7, 11) is 0. The number of nitrogens with zero attached hydrogens (tertiary/aromatic N) is 7. The van der Waals surface area contributed by atoms with Crippen LogP contribution < -0.4 is 26.2 Å². The third kappa shape index (κ3) is 12.0. The molecule has 4 aliphatic rings. The van der Waals surface area contributed by atoms with Gasteiger partial charge in [-0.2, -0.15) is 5.21 Å². The highest BCUT2D eigenvalue weighted by molar-refractivity contribution is 5.93. The van der Waals surface area contributed by atoms with Gasteiger partial charge in [0, 0.05) is 124 Å². The van der Waals surface area contributed by atoms with Crippen LogP contribution in [0.4, 0.5) is 11.4 Å². The molecule has 0 aliphatic carbocycles. The van der Waals surface area contributed by atoms with E-state index in [0.717, 1.165) is 122 Å². The molecule has 1 amide bonds. The van der Waals surface area contributed by atoms with Crippen LogP contribution in [0.15, 0.2) is 122 Å². The summed E-state index contributed by atoms with van der Waals surface area (Å²) in [6.07, 6.45) is 9.13. The minimum absolute atomic E-state index is 0.377. The third-order valence-corrected chi connectivity index (χ3v) is 13.8. The first-order valence-corrected chi connectivity index (χ1v) is 23.5. The Kier molecular flexibility index (Phi) is 15.4. The second kappa shape index (κ2) is 22.1. The molecular weight excluding hydrogens is 795 g/mol. The fraction of sp³-hybridized carbons (Fsp3) is 0.423. The van der Waals surface area contributed by atoms with Gasteiger partial charge in [-0.05, 0) is 127 Å². The number of primary amides is 1. The second-order valence-electron chi connectivity index (χ2n) is 17.9. The Hall–Kier alpha value is -5.98. The molecule has 9 rings (SSSR count). The molecule has 4 aliphatic heterocycles. The summed E-state index contributed by atoms with van der Waals surface area (Å²) in [6.45, 7) is 21.6. The number of carbonyl (C=O) groups excluding carboxylic acids is 1. The van der Waals surface area contributed by atoms with Crippen LogP contribution >= 0.6 is 0 Å². The number of fused-ring (bicyclic) bond motifs is 2. The molecule has 2 saturated heterocycles. The highest BCUT2D eigenvalue weighted by Gasteiger charge is 2.24. The molecule has 0 radical (unpaired) electrons. The fourth-order valence-electron chi connectivity index (χ4n) is 9.80. The average molecular weight is 862 g/mol. The Morgan fingerprint density at radius 2 is 1.08 bits per heavy atom. The van der Waals surface area contributed by atoms with Crippen LogP contribution in [0, 0.1) is 11.8 Å². The molecule has 2 fully saturated rings. The lowest BCUT2D eigenvalue weighted by Crippen LogP contribution is -2.37. The number of H-pyrrole nitrogens is 1. The molecular formula is C52H67N11O. The number of piperidine rings is 2. The monoisotopic (exact) mass is 862 g/mol. The average Bonchev–Trinajstić information content (AvgIpc) is 3.90. The number of hydrogen-bond acceptors (Lipinski definition) is 10. The van der Waals surface area contributed by atoms with Gasteiger partial charge in [0.2, 0.25) is 11.7 Å². The summed E-state index contributed by atoms with van der Waals surface area (Å²) in [5, 5.41) is 21.4. The van der Waals surface area contributed by atoms with E-state index in [1.807, 2.05) is 24.3 Å². The molecule has 64 heavy (non-hydrogen) atoms. The van der Waals surface area contributed by atoms with E-state index in [4.69, 9.17) is 5.73 Å². The summed E-state index contributed by atoms with van der Waals surface area (Å²) in [6, 6.07) is 33.7. The second-order valence-corrected chi connectivity index (χ2v) is 17.9. The molecule has 4 aromatic carbocycles. The number of aromatic nitrogens is 4. The smallest absolute Gasteiger partial charge is 0.248 e. The Morgan fingerprint density at radius 1 is 0.625 bits per heavy atom. The molecule has 5 N–H and O–H groups in total. The summed E-state index contributed by atoms with van der Waals surface area (Å²) in [5.41, 5.74) is 17.7. The van der Waals surface area contributed by atoms with Crippen molar-refractivity contribution in [1.82, 2.24) is 41.1 Å². The molecule has 0 spiro atoms. The summed E-state index contributed by atoms with van der Waals surface area (Å²) < 4.78 is 0. The maximum Gasteiger partial charge on any atom is 0.248 e. The van der Waals surface area contributed by atoms with Crippen LogP contribution in [-0.4, -0.2) is 102 Å². The standard InChI is InChI=1S/C26H33N7.C26H34N4O/c1-20(27-14-4-15-32-16-11-22-5-2-3-6-24(22)19-32)21-12-17-33(18-13-21)25-9-7-23(8-10-25)26-28-30-31-29-26;1-20(28-14-4-15-29-16-11-22-5-2-3-6-24(22)19-29)21-12-17-30(18-13-21)25-9-7-23(8-10-25)26(27)31/h2-3,5-10,21,27H,1,4,11-19H2,(H,28,29,30,31);2-3,5-10,21,28H,1,4,11-19H2,(H2,27,31). The largest absolute Gasteiger partial charge is 0.389 e. The lowest BCUT2D eigenvalue weighted by Gasteiger charge is -2.35. The summed E-state index contributed by atoms with van der Waals surface area (Å²) in [4.78, 5) is 21.2. The van der Waals surface area contributed by atoms with E-state index in [9.17, 15) is 4.79 Å². The van der Waals surface area contributed by atoms with Gasteiger partial charge in [-0.25, -0.2) is 0 Å². The highest BCUT2D eigenvalue weighted by atomic mass is 16.1. The predicted molar refractivity (Wildman–Crippen MR) is 259 cm³/mol. The van der Waals surface area contributed by atoms with Crippen molar-refractivity contribution in [2.45, 2.75) is 64.5 Å². The Labute approximate surface area is 380 Å². The molecule has 1 aromatic heterocycles. The normalized spacial score (nSPS) is 17.1. The first-order chi connectivity index (χ1) is 31.4. The minimum Gasteiger partial charge on any atom is -0.389 e. The fourth-order valence-corrected chi connectivity index (χ4v) is 9.80. The zero-order chi connectivity index (χ0) is 44.1. The first kappa shape index (κ1) is 44.6. The SMILES string of the molecule is C=C(NCCCN1CCc2ccccc2C1)C1CCN(c2ccc(-c3nn[nH]n3)cc2)CC1.C=C(NCCCN1CCc2ccccc2C1)C1CCN(c2ccc(C(N)=O)cc2)CC1. The number of amides is 1. The molecule has 5 heterocycles. The molecule has 12 nitrogen and oxygen atoms in total. The predicted octanol–water partition coefficient (Wildman–Crippen LogP) is 7.19. The van der Waals surface area contributed by atoms with Gasteiger partial charge in [-0.1, -0.05) is 61.7 Å². The number of nitrogens with one attached hydrogen (secondary N) is 3. The van der Waals surface area contributed by atoms with Gasteiger partial charge in [-0.15, -0.1) is 10.2 Å². The number of benzene rings is 4. The van der Waals surface area contributed by atoms with Crippen molar-refractivity contribution in [3.63, 3.8) is 0 Å². The van der Waals surface area contributed by atoms with Gasteiger partial charge >= 0.3 is 0 Å². The van der Waals surface area contributed by atoms with E-state index in [1.165, 1.54) is 58.7 Å². The number of rotatable bonds is 16. The molecule has 0 unspecified atom stereocenters. The van der Waals surface area contributed by atoms with Gasteiger partial charge < -0.3 is 26.2 Å². The zero-order valence-corrected chi connectivity index (χ0v) is 37.6. The lowest BCUT2D eigenvalue weighted by atomic mass is 9.93. The Morgan fingerprint density at radius 3 is 1.52 bits per heavy atom. The van der Waals surface area contributed by atoms with Gasteiger partial charge in [-0.3, -0.25) is 14.6 Å². The topological polar surface area (TPSA) is 135 Å². The van der Waals surface area contributed by atoms with Crippen LogP contribution in [0.25, 0.3) is 11.4 Å². The molecule has 0 atom stereocenters. The number of tetrazole rings is 1. The van der Waals surface area contributed by atoms with E-state index in [2.05, 4.69) is 137 Å². The minimum atomic E-state index is -0.377. The number of nitrogens with two attached hydrogens (primary N) is 1. The zero-order valence-electron chi connectivity index (χ0n) is 37.6. The number of allylic oxidation sites excluding steroid dienone is 2. The van der Waals surface area contributed by atoms with Crippen LogP contribution in [-0.2, 0) is 25.9 Å². The molecule has 336 valence electrons. The van der Waals surface area contributed by atoms with Crippen LogP contribution in [0.3, 0.4) is 0 Å². The van der Waals surface area contributed by atoms with Gasteiger partial charge in [0.15, 0.2) is 0 Å². The highest BCUT2D eigenvalue weighted by Crippen LogP contribution is 2.29. The molecule has 12 heteroatoms. The number of carbonyl (C=O) groups is 1. The Bertz CT molecular complexity index is 2260. The van der Waals surface area contributed by atoms with E-state index in [0.29, 0.717) is 23.2 Å². The van der Waals surface area contributed by atoms with E-state index < -0.39 is 0 Å². The summed E-state index contributed by atoms with van der Waals surface area (Å²) in [5.74, 6) is 1.34. The van der Waals surface area contributed by atoms with Gasteiger partial charge in [0.05, 0.1) is 0 Å². The van der Waals surface area contributed by atoms with Crippen molar-refractivity contribution in [1.29, 1.82) is 0 Å². The quantitative estimate of drug-likeness (QED) is 0.0756. The number of hydrogen-bond donors (Lipinski definition) is 4. The van der Waals surface area contributed by atoms with Gasteiger partial charge in [0.25, 0.3) is 0 Å². The number of anilines is 2. The van der Waals surface area contributed by atoms with Gasteiger partial charge in [0.1, 0.15) is 0 Å². The van der Waals surface area contributed by atoms with Crippen LogP contribution in [0.2, 0.25) is 0 Å². The van der Waals surface area contributed by atoms with Crippen molar-refractivity contribution in [2.24, 2.45) is 17.6 Å². The first-order valence-electron chi connectivity index (χ1n) is 23.5. The van der Waals surface area contributed by atoms with E-state index >= 15 is 0 Å². The maximum absolute atomic E-state index is 11.2. The van der Waals surface area contributed by atoms with Crippen LogP contribution in [0.5, 0.6) is 0 Å². The van der Waals surface area contributed by atoms with Crippen LogP contribution in [0.1, 0.15) is 71.1 Å². The van der Waals surface area contributed by atoms with Crippen molar-refractivity contribution in [3.05, 3.63) is 149 Å². The molecule has 0 bridgehead atoms. The summed E-state index contributed by atoms with van der Waals surface area (Å²) >= 11 is 0. The van der Waals surface area contributed by atoms with E-state index in [-0.39, 0.29) is 5.91 Å². The van der Waals surface area contributed by atoms with Crippen molar-refractivity contribution < 1.29 is 4.79 Å². The van der Waals surface area contributed by atoms with Crippen molar-refractivity contribution >= 4 is 17.3 Å². The molecule has 5 aromatic rings.